The van der Waals surface area contributed by atoms with E-state index in [9.17, 15) is 18.8 Å². The Labute approximate surface area is 153 Å². The summed E-state index contributed by atoms with van der Waals surface area (Å²) in [4.78, 5) is 37.2. The van der Waals surface area contributed by atoms with Gasteiger partial charge in [-0.05, 0) is 41.8 Å². The first-order chi connectivity index (χ1) is 12.5. The molecule has 1 heterocycles. The van der Waals surface area contributed by atoms with Crippen molar-refractivity contribution in [2.75, 3.05) is 18.1 Å². The molecule has 0 radical (unpaired) electrons. The van der Waals surface area contributed by atoms with Crippen LogP contribution in [-0.2, 0) is 19.1 Å². The molecule has 2 aromatic rings. The van der Waals surface area contributed by atoms with E-state index in [1.165, 1.54) is 46.6 Å². The zero-order chi connectivity index (χ0) is 18.9. The van der Waals surface area contributed by atoms with Gasteiger partial charge in [0.2, 0.25) is 5.91 Å². The molecule has 0 atom stereocenters. The molecule has 26 heavy (non-hydrogen) atoms. The number of carbonyl (C=O) groups excluding carboxylic acids is 3. The van der Waals surface area contributed by atoms with Gasteiger partial charge < -0.3 is 15.4 Å². The summed E-state index contributed by atoms with van der Waals surface area (Å²) in [5.41, 5.74) is 5.50. The van der Waals surface area contributed by atoms with Gasteiger partial charge in [-0.3, -0.25) is 9.59 Å². The van der Waals surface area contributed by atoms with Gasteiger partial charge in [-0.15, -0.1) is 11.3 Å². The average molecular weight is 376 g/mol. The number of carbonyl (C=O) groups is 3. The number of rotatable bonds is 8. The maximum Gasteiger partial charge on any atom is 0.331 e. The molecular weight excluding hydrogens is 359 g/mol. The van der Waals surface area contributed by atoms with Crippen LogP contribution in [0.2, 0.25) is 0 Å². The number of hydrogen-bond donors (Lipinski definition) is 1. The average Bonchev–Trinajstić information content (AvgIpc) is 3.13. The third-order valence-corrected chi connectivity index (χ3v) is 4.12. The molecule has 2 rings (SSSR count). The zero-order valence-corrected chi connectivity index (χ0v) is 14.6. The standard InChI is InChI=1S/C18H17FN2O4S/c19-13-3-5-14(6-4-13)21(10-9-16(20)22)17(23)12-25-18(24)8-7-15-2-1-11-26-15/h1-8,11H,9-10,12H2,(H2,20,22)/b8-7+. The molecule has 136 valence electrons. The molecule has 2 amide bonds. The first kappa shape index (κ1) is 19.3. The van der Waals surface area contributed by atoms with Crippen molar-refractivity contribution in [2.24, 2.45) is 5.73 Å². The van der Waals surface area contributed by atoms with Crippen molar-refractivity contribution in [1.82, 2.24) is 0 Å². The van der Waals surface area contributed by atoms with Crippen molar-refractivity contribution in [1.29, 1.82) is 0 Å². The lowest BCUT2D eigenvalue weighted by Crippen LogP contribution is -2.37. The predicted octanol–water partition coefficient (Wildman–Crippen LogP) is 2.35. The fraction of sp³-hybridized carbons (Fsp3) is 0.167. The summed E-state index contributed by atoms with van der Waals surface area (Å²) in [7, 11) is 0. The van der Waals surface area contributed by atoms with Crippen LogP contribution in [0.3, 0.4) is 0 Å². The zero-order valence-electron chi connectivity index (χ0n) is 13.8. The second-order valence-electron chi connectivity index (χ2n) is 5.19. The molecule has 0 saturated carbocycles. The van der Waals surface area contributed by atoms with Crippen molar-refractivity contribution < 1.29 is 23.5 Å². The molecule has 0 aliphatic rings. The molecule has 8 heteroatoms. The smallest absolute Gasteiger partial charge is 0.331 e. The summed E-state index contributed by atoms with van der Waals surface area (Å²) < 4.78 is 18.0. The topological polar surface area (TPSA) is 89.7 Å². The lowest BCUT2D eigenvalue weighted by atomic mass is 10.2. The minimum Gasteiger partial charge on any atom is -0.452 e. The fourth-order valence-corrected chi connectivity index (χ4v) is 2.65. The number of primary amides is 1. The highest BCUT2D eigenvalue weighted by Gasteiger charge is 2.18. The summed E-state index contributed by atoms with van der Waals surface area (Å²) in [6, 6.07) is 8.85. The van der Waals surface area contributed by atoms with Crippen LogP contribution < -0.4 is 10.6 Å². The third kappa shape index (κ3) is 6.14. The molecule has 0 saturated heterocycles. The Hall–Kier alpha value is -3.00. The number of ether oxygens (including phenoxy) is 1. The molecule has 0 aliphatic carbocycles. The van der Waals surface area contributed by atoms with Gasteiger partial charge in [-0.2, -0.15) is 0 Å². The van der Waals surface area contributed by atoms with Gasteiger partial charge in [-0.1, -0.05) is 6.07 Å². The maximum atomic E-state index is 13.1. The van der Waals surface area contributed by atoms with Crippen molar-refractivity contribution in [3.63, 3.8) is 0 Å². The molecule has 0 unspecified atom stereocenters. The van der Waals surface area contributed by atoms with Crippen molar-refractivity contribution in [2.45, 2.75) is 6.42 Å². The summed E-state index contributed by atoms with van der Waals surface area (Å²) >= 11 is 1.46. The van der Waals surface area contributed by atoms with E-state index >= 15 is 0 Å². The van der Waals surface area contributed by atoms with Crippen LogP contribution in [0.1, 0.15) is 11.3 Å². The van der Waals surface area contributed by atoms with Crippen molar-refractivity contribution in [3.05, 3.63) is 58.5 Å². The lowest BCUT2D eigenvalue weighted by Gasteiger charge is -2.22. The Morgan fingerprint density at radius 3 is 2.54 bits per heavy atom. The number of anilines is 1. The Kier molecular flexibility index (Phi) is 7.04. The van der Waals surface area contributed by atoms with E-state index in [4.69, 9.17) is 10.5 Å². The number of amides is 2. The monoisotopic (exact) mass is 376 g/mol. The Bertz CT molecular complexity index is 788. The second kappa shape index (κ2) is 9.47. The SMILES string of the molecule is NC(=O)CCN(C(=O)COC(=O)/C=C/c1cccs1)c1ccc(F)cc1. The molecule has 0 bridgehead atoms. The fourth-order valence-electron chi connectivity index (χ4n) is 2.04. The summed E-state index contributed by atoms with van der Waals surface area (Å²) in [5, 5.41) is 1.87. The van der Waals surface area contributed by atoms with Crippen LogP contribution in [0.5, 0.6) is 0 Å². The largest absolute Gasteiger partial charge is 0.452 e. The second-order valence-corrected chi connectivity index (χ2v) is 6.17. The molecular formula is C18H17FN2O4S. The van der Waals surface area contributed by atoms with Crippen LogP contribution in [0.25, 0.3) is 6.08 Å². The van der Waals surface area contributed by atoms with Gasteiger partial charge in [-0.25, -0.2) is 9.18 Å². The number of nitrogens with two attached hydrogens (primary N) is 1. The number of nitrogens with zero attached hydrogens (tertiary/aromatic N) is 1. The number of hydrogen-bond acceptors (Lipinski definition) is 5. The van der Waals surface area contributed by atoms with Gasteiger partial charge in [0, 0.05) is 29.6 Å². The van der Waals surface area contributed by atoms with E-state index in [0.29, 0.717) is 5.69 Å². The van der Waals surface area contributed by atoms with Crippen molar-refractivity contribution in [3.8, 4) is 0 Å². The van der Waals surface area contributed by atoms with Gasteiger partial charge >= 0.3 is 5.97 Å². The normalized spacial score (nSPS) is 10.7. The van der Waals surface area contributed by atoms with Crippen LogP contribution in [0, 0.1) is 5.82 Å². The molecule has 6 nitrogen and oxygen atoms in total. The maximum absolute atomic E-state index is 13.1. The summed E-state index contributed by atoms with van der Waals surface area (Å²) in [5.74, 6) is -2.25. The highest BCUT2D eigenvalue weighted by atomic mass is 32.1. The molecule has 1 aromatic carbocycles. The van der Waals surface area contributed by atoms with E-state index in [-0.39, 0.29) is 13.0 Å². The Morgan fingerprint density at radius 1 is 1.19 bits per heavy atom. The van der Waals surface area contributed by atoms with E-state index in [0.717, 1.165) is 4.88 Å². The van der Waals surface area contributed by atoms with Gasteiger partial charge in [0.1, 0.15) is 5.82 Å². The summed E-state index contributed by atoms with van der Waals surface area (Å²) in [6.07, 6.45) is 2.74. The number of benzene rings is 1. The molecule has 1 aromatic heterocycles. The van der Waals surface area contributed by atoms with Crippen LogP contribution >= 0.6 is 11.3 Å². The quantitative estimate of drug-likeness (QED) is 0.566. The van der Waals surface area contributed by atoms with E-state index in [1.54, 1.807) is 6.08 Å². The van der Waals surface area contributed by atoms with E-state index in [2.05, 4.69) is 0 Å². The third-order valence-electron chi connectivity index (χ3n) is 3.29. The summed E-state index contributed by atoms with van der Waals surface area (Å²) in [6.45, 7) is -0.508. The minimum absolute atomic E-state index is 0.00237. The minimum atomic E-state index is -0.666. The molecule has 0 aliphatic heterocycles. The van der Waals surface area contributed by atoms with Gasteiger partial charge in [0.05, 0.1) is 0 Å². The Morgan fingerprint density at radius 2 is 1.92 bits per heavy atom. The van der Waals surface area contributed by atoms with Gasteiger partial charge in [0.15, 0.2) is 6.61 Å². The number of esters is 1. The predicted molar refractivity (Wildman–Crippen MR) is 96.9 cm³/mol. The first-order valence-electron chi connectivity index (χ1n) is 7.68. The molecule has 2 N–H and O–H groups in total. The van der Waals surface area contributed by atoms with Crippen LogP contribution in [0.4, 0.5) is 10.1 Å². The van der Waals surface area contributed by atoms with Crippen molar-refractivity contribution >= 4 is 40.9 Å². The lowest BCUT2D eigenvalue weighted by molar-refractivity contribution is -0.143. The Balaban J connectivity index is 1.97. The van der Waals surface area contributed by atoms with E-state index < -0.39 is 30.2 Å². The number of thiophene rings is 1. The highest BCUT2D eigenvalue weighted by Crippen LogP contribution is 2.16. The first-order valence-corrected chi connectivity index (χ1v) is 8.56. The molecule has 0 spiro atoms. The van der Waals surface area contributed by atoms with Crippen LogP contribution in [0.15, 0.2) is 47.9 Å². The van der Waals surface area contributed by atoms with Crippen LogP contribution in [-0.4, -0.2) is 30.9 Å². The van der Waals surface area contributed by atoms with E-state index in [1.807, 2.05) is 17.5 Å². The van der Waals surface area contributed by atoms with Gasteiger partial charge in [0.25, 0.3) is 5.91 Å². The highest BCUT2D eigenvalue weighted by molar-refractivity contribution is 7.10. The molecule has 0 fully saturated rings. The number of halogens is 1.